The second kappa shape index (κ2) is 5.69. The number of aryl methyl sites for hydroxylation is 1. The minimum absolute atomic E-state index is 0.205. The van der Waals surface area contributed by atoms with Gasteiger partial charge in [-0.2, -0.15) is 4.31 Å². The topological polar surface area (TPSA) is 92.9 Å². The molecule has 1 heterocycles. The number of anilines is 1. The molecule has 1 atom stereocenters. The first-order valence-electron chi connectivity index (χ1n) is 6.45. The molecule has 1 aliphatic rings. The zero-order valence-electron chi connectivity index (χ0n) is 11.7. The molecule has 1 aromatic rings. The standard InChI is InChI=1S/C13H20N2O4S/c1-9-3-4-12(14)10(2)13(9)20(17,18)15-5-6-19-8-11(15)7-16/h3-4,11,16H,5-8,14H2,1-2H3. The summed E-state index contributed by atoms with van der Waals surface area (Å²) in [5, 5.41) is 9.35. The van der Waals surface area contributed by atoms with Crippen LogP contribution in [0.2, 0.25) is 0 Å². The maximum absolute atomic E-state index is 12.9. The van der Waals surface area contributed by atoms with Crippen LogP contribution in [0.15, 0.2) is 17.0 Å². The van der Waals surface area contributed by atoms with Crippen LogP contribution in [0.5, 0.6) is 0 Å². The van der Waals surface area contributed by atoms with Crippen LogP contribution >= 0.6 is 0 Å². The van der Waals surface area contributed by atoms with Crippen molar-refractivity contribution >= 4 is 15.7 Å². The lowest BCUT2D eigenvalue weighted by atomic mass is 10.1. The van der Waals surface area contributed by atoms with E-state index >= 15 is 0 Å². The van der Waals surface area contributed by atoms with Crippen molar-refractivity contribution in [2.75, 3.05) is 32.1 Å². The molecule has 7 heteroatoms. The predicted molar refractivity (Wildman–Crippen MR) is 75.9 cm³/mol. The molecule has 1 unspecified atom stereocenters. The third-order valence-electron chi connectivity index (χ3n) is 3.60. The van der Waals surface area contributed by atoms with Crippen LogP contribution in [0.1, 0.15) is 11.1 Å². The largest absolute Gasteiger partial charge is 0.398 e. The van der Waals surface area contributed by atoms with E-state index < -0.39 is 16.1 Å². The maximum Gasteiger partial charge on any atom is 0.244 e. The van der Waals surface area contributed by atoms with E-state index in [9.17, 15) is 13.5 Å². The van der Waals surface area contributed by atoms with Crippen molar-refractivity contribution in [1.82, 2.24) is 4.31 Å². The Labute approximate surface area is 119 Å². The summed E-state index contributed by atoms with van der Waals surface area (Å²) in [6.07, 6.45) is 0. The number of benzene rings is 1. The van der Waals surface area contributed by atoms with Crippen LogP contribution in [0.3, 0.4) is 0 Å². The highest BCUT2D eigenvalue weighted by molar-refractivity contribution is 7.89. The van der Waals surface area contributed by atoms with E-state index in [4.69, 9.17) is 10.5 Å². The molecule has 0 bridgehead atoms. The number of rotatable bonds is 3. The highest BCUT2D eigenvalue weighted by Crippen LogP contribution is 2.29. The van der Waals surface area contributed by atoms with Gasteiger partial charge >= 0.3 is 0 Å². The monoisotopic (exact) mass is 300 g/mol. The lowest BCUT2D eigenvalue weighted by Crippen LogP contribution is -2.50. The second-order valence-electron chi connectivity index (χ2n) is 4.95. The fourth-order valence-corrected chi connectivity index (χ4v) is 4.51. The summed E-state index contributed by atoms with van der Waals surface area (Å²) in [5.74, 6) is 0. The molecule has 1 fully saturated rings. The van der Waals surface area contributed by atoms with Crippen molar-refractivity contribution < 1.29 is 18.3 Å². The smallest absolute Gasteiger partial charge is 0.244 e. The first-order valence-corrected chi connectivity index (χ1v) is 7.89. The molecule has 0 aliphatic carbocycles. The number of nitrogen functional groups attached to an aromatic ring is 1. The van der Waals surface area contributed by atoms with Gasteiger partial charge in [-0.05, 0) is 31.0 Å². The Balaban J connectivity index is 2.52. The van der Waals surface area contributed by atoms with Crippen molar-refractivity contribution in [3.63, 3.8) is 0 Å². The average molecular weight is 300 g/mol. The van der Waals surface area contributed by atoms with E-state index in [0.717, 1.165) is 0 Å². The molecular formula is C13H20N2O4S. The number of morpholine rings is 1. The zero-order chi connectivity index (χ0) is 14.9. The van der Waals surface area contributed by atoms with Crippen LogP contribution in [-0.2, 0) is 14.8 Å². The normalized spacial score (nSPS) is 21.1. The van der Waals surface area contributed by atoms with E-state index in [-0.39, 0.29) is 24.7 Å². The Kier molecular flexibility index (Phi) is 4.33. The quantitative estimate of drug-likeness (QED) is 0.782. The van der Waals surface area contributed by atoms with Gasteiger partial charge in [0.05, 0.1) is 30.8 Å². The van der Waals surface area contributed by atoms with Gasteiger partial charge in [0.25, 0.3) is 0 Å². The van der Waals surface area contributed by atoms with Crippen LogP contribution in [0.4, 0.5) is 5.69 Å². The lowest BCUT2D eigenvalue weighted by Gasteiger charge is -2.34. The number of aliphatic hydroxyl groups excluding tert-OH is 1. The Morgan fingerprint density at radius 1 is 1.45 bits per heavy atom. The number of nitrogens with zero attached hydrogens (tertiary/aromatic N) is 1. The number of hydrogen-bond acceptors (Lipinski definition) is 5. The van der Waals surface area contributed by atoms with E-state index in [1.54, 1.807) is 26.0 Å². The third-order valence-corrected chi connectivity index (χ3v) is 5.84. The van der Waals surface area contributed by atoms with E-state index in [1.165, 1.54) is 4.31 Å². The molecule has 1 saturated heterocycles. The first kappa shape index (κ1) is 15.2. The summed E-state index contributed by atoms with van der Waals surface area (Å²) in [6.45, 7) is 3.95. The fourth-order valence-electron chi connectivity index (χ4n) is 2.46. The van der Waals surface area contributed by atoms with Gasteiger partial charge in [-0.3, -0.25) is 0 Å². The number of aliphatic hydroxyl groups is 1. The number of ether oxygens (including phenoxy) is 1. The van der Waals surface area contributed by atoms with E-state index in [1.807, 2.05) is 0 Å². The maximum atomic E-state index is 12.9. The van der Waals surface area contributed by atoms with Gasteiger partial charge in [0.15, 0.2) is 0 Å². The highest BCUT2D eigenvalue weighted by Gasteiger charge is 2.35. The highest BCUT2D eigenvalue weighted by atomic mass is 32.2. The van der Waals surface area contributed by atoms with Crippen molar-refractivity contribution in [3.8, 4) is 0 Å². The Bertz CT molecular complexity index is 601. The van der Waals surface area contributed by atoms with Crippen molar-refractivity contribution in [2.24, 2.45) is 0 Å². The molecule has 20 heavy (non-hydrogen) atoms. The van der Waals surface area contributed by atoms with Gasteiger partial charge in [0, 0.05) is 12.2 Å². The minimum atomic E-state index is -3.69. The minimum Gasteiger partial charge on any atom is -0.398 e. The van der Waals surface area contributed by atoms with Gasteiger partial charge < -0.3 is 15.6 Å². The molecule has 6 nitrogen and oxygen atoms in total. The van der Waals surface area contributed by atoms with Crippen LogP contribution in [0, 0.1) is 13.8 Å². The first-order chi connectivity index (χ1) is 9.39. The summed E-state index contributed by atoms with van der Waals surface area (Å²) < 4.78 is 32.2. The van der Waals surface area contributed by atoms with Gasteiger partial charge in [-0.15, -0.1) is 0 Å². The van der Waals surface area contributed by atoms with Gasteiger partial charge in [-0.25, -0.2) is 8.42 Å². The Morgan fingerprint density at radius 2 is 2.15 bits per heavy atom. The average Bonchev–Trinajstić information content (AvgIpc) is 2.43. The van der Waals surface area contributed by atoms with Gasteiger partial charge in [0.1, 0.15) is 0 Å². The lowest BCUT2D eigenvalue weighted by molar-refractivity contribution is 0.0109. The van der Waals surface area contributed by atoms with Gasteiger partial charge in [0.2, 0.25) is 10.0 Å². The summed E-state index contributed by atoms with van der Waals surface area (Å²) in [7, 11) is -3.69. The molecule has 2 rings (SSSR count). The Morgan fingerprint density at radius 3 is 2.80 bits per heavy atom. The molecule has 1 aromatic carbocycles. The number of nitrogens with two attached hydrogens (primary N) is 1. The Hall–Kier alpha value is -1.15. The second-order valence-corrected chi connectivity index (χ2v) is 6.78. The van der Waals surface area contributed by atoms with E-state index in [2.05, 4.69) is 0 Å². The molecule has 0 amide bonds. The van der Waals surface area contributed by atoms with Gasteiger partial charge in [-0.1, -0.05) is 6.07 Å². The molecule has 0 aromatic heterocycles. The van der Waals surface area contributed by atoms with E-state index in [0.29, 0.717) is 23.4 Å². The zero-order valence-corrected chi connectivity index (χ0v) is 12.5. The summed E-state index contributed by atoms with van der Waals surface area (Å²) in [6, 6.07) is 2.85. The molecule has 0 saturated carbocycles. The molecule has 3 N–H and O–H groups in total. The summed E-state index contributed by atoms with van der Waals surface area (Å²) in [5.41, 5.74) is 7.47. The van der Waals surface area contributed by atoms with Crippen LogP contribution < -0.4 is 5.73 Å². The van der Waals surface area contributed by atoms with Crippen molar-refractivity contribution in [3.05, 3.63) is 23.3 Å². The molecule has 0 radical (unpaired) electrons. The SMILES string of the molecule is Cc1ccc(N)c(C)c1S(=O)(=O)N1CCOCC1CO. The van der Waals surface area contributed by atoms with Crippen molar-refractivity contribution in [2.45, 2.75) is 24.8 Å². The van der Waals surface area contributed by atoms with Crippen molar-refractivity contribution in [1.29, 1.82) is 0 Å². The summed E-state index contributed by atoms with van der Waals surface area (Å²) >= 11 is 0. The van der Waals surface area contributed by atoms with Crippen LogP contribution in [-0.4, -0.2) is 50.2 Å². The fraction of sp³-hybridized carbons (Fsp3) is 0.538. The summed E-state index contributed by atoms with van der Waals surface area (Å²) in [4.78, 5) is 0.234. The molecule has 1 aliphatic heterocycles. The predicted octanol–water partition coefficient (Wildman–Crippen LogP) is 0.267. The van der Waals surface area contributed by atoms with Crippen LogP contribution in [0.25, 0.3) is 0 Å². The molecular weight excluding hydrogens is 280 g/mol. The third kappa shape index (κ3) is 2.54. The number of hydrogen-bond donors (Lipinski definition) is 2. The number of sulfonamides is 1. The molecule has 0 spiro atoms. The molecule has 112 valence electrons.